The quantitative estimate of drug-likeness (QED) is 0.719. The first-order valence-corrected chi connectivity index (χ1v) is 10.0. The van der Waals surface area contributed by atoms with Crippen LogP contribution < -0.4 is 5.32 Å². The van der Waals surface area contributed by atoms with Gasteiger partial charge in [-0.25, -0.2) is 9.48 Å². The number of amides is 1. The molecule has 9 heteroatoms. The third-order valence-corrected chi connectivity index (χ3v) is 4.88. The fraction of sp³-hybridized carbons (Fsp3) is 0.524. The number of carbonyl (C=O) groups is 2. The summed E-state index contributed by atoms with van der Waals surface area (Å²) in [4.78, 5) is 24.8. The number of nitrogens with zero attached hydrogens (tertiary/aromatic N) is 3. The number of nitrogens with one attached hydrogen (secondary N) is 1. The van der Waals surface area contributed by atoms with Crippen molar-refractivity contribution in [3.05, 3.63) is 36.5 Å². The second-order valence-corrected chi connectivity index (χ2v) is 8.27. The Bertz CT molecular complexity index is 877. The van der Waals surface area contributed by atoms with Crippen molar-refractivity contribution >= 4 is 12.1 Å². The average molecular weight is 416 g/mol. The molecule has 2 N–H and O–H groups in total. The maximum absolute atomic E-state index is 12.5. The van der Waals surface area contributed by atoms with Crippen LogP contribution in [-0.4, -0.2) is 56.5 Å². The second-order valence-electron chi connectivity index (χ2n) is 8.27. The lowest BCUT2D eigenvalue weighted by atomic mass is 10.0. The molecule has 1 heterocycles. The Hall–Kier alpha value is -2.94. The number of esters is 1. The van der Waals surface area contributed by atoms with Crippen molar-refractivity contribution in [2.75, 3.05) is 6.61 Å². The van der Waals surface area contributed by atoms with Crippen molar-refractivity contribution in [1.29, 1.82) is 0 Å². The van der Waals surface area contributed by atoms with Gasteiger partial charge in [0.1, 0.15) is 11.3 Å². The first-order valence-electron chi connectivity index (χ1n) is 10.0. The summed E-state index contributed by atoms with van der Waals surface area (Å²) in [5, 5.41) is 21.9. The summed E-state index contributed by atoms with van der Waals surface area (Å²) in [6.45, 7) is 7.13. The number of aromatic nitrogens is 3. The van der Waals surface area contributed by atoms with Crippen LogP contribution in [0.4, 0.5) is 4.79 Å². The SMILES string of the molecule is CCOC(=O)[C@H]1C[C@@H](n2cc(-c3ccccc3)nn2)[C@H](O)[C@@H]1NC(=O)OC(C)(C)C. The lowest BCUT2D eigenvalue weighted by Crippen LogP contribution is -2.48. The molecule has 0 saturated heterocycles. The Labute approximate surface area is 175 Å². The molecule has 3 rings (SSSR count). The van der Waals surface area contributed by atoms with E-state index in [4.69, 9.17) is 9.47 Å². The van der Waals surface area contributed by atoms with Crippen LogP contribution in [0.1, 0.15) is 40.2 Å². The third-order valence-electron chi connectivity index (χ3n) is 4.88. The smallest absolute Gasteiger partial charge is 0.407 e. The van der Waals surface area contributed by atoms with Gasteiger partial charge in [0, 0.05) is 5.56 Å². The minimum atomic E-state index is -1.07. The zero-order valence-corrected chi connectivity index (χ0v) is 17.6. The van der Waals surface area contributed by atoms with Gasteiger partial charge < -0.3 is 19.9 Å². The maximum atomic E-state index is 12.5. The predicted molar refractivity (Wildman–Crippen MR) is 108 cm³/mol. The van der Waals surface area contributed by atoms with Gasteiger partial charge in [-0.15, -0.1) is 5.10 Å². The summed E-state index contributed by atoms with van der Waals surface area (Å²) >= 11 is 0. The monoisotopic (exact) mass is 416 g/mol. The van der Waals surface area contributed by atoms with Crippen LogP contribution >= 0.6 is 0 Å². The second kappa shape index (κ2) is 8.83. The van der Waals surface area contributed by atoms with E-state index < -0.39 is 41.8 Å². The van der Waals surface area contributed by atoms with Gasteiger partial charge >= 0.3 is 12.1 Å². The lowest BCUT2D eigenvalue weighted by molar-refractivity contribution is -0.148. The molecular weight excluding hydrogens is 388 g/mol. The van der Waals surface area contributed by atoms with Crippen LogP contribution in [0.3, 0.4) is 0 Å². The van der Waals surface area contributed by atoms with Crippen LogP contribution in [0.15, 0.2) is 36.5 Å². The molecule has 1 aliphatic rings. The number of carbonyl (C=O) groups excluding carboxylic acids is 2. The Morgan fingerprint density at radius 3 is 2.60 bits per heavy atom. The summed E-state index contributed by atoms with van der Waals surface area (Å²) in [5.74, 6) is -1.22. The van der Waals surface area contributed by atoms with E-state index >= 15 is 0 Å². The Kier molecular flexibility index (Phi) is 6.40. The largest absolute Gasteiger partial charge is 0.466 e. The van der Waals surface area contributed by atoms with Crippen LogP contribution in [-0.2, 0) is 14.3 Å². The minimum absolute atomic E-state index is 0.205. The Balaban J connectivity index is 1.82. The van der Waals surface area contributed by atoms with Gasteiger partial charge in [-0.2, -0.15) is 0 Å². The molecule has 0 aliphatic heterocycles. The van der Waals surface area contributed by atoms with E-state index in [9.17, 15) is 14.7 Å². The highest BCUT2D eigenvalue weighted by atomic mass is 16.6. The number of hydrogen-bond acceptors (Lipinski definition) is 7. The summed E-state index contributed by atoms with van der Waals surface area (Å²) in [6.07, 6.45) is 0.196. The zero-order valence-electron chi connectivity index (χ0n) is 17.6. The molecule has 1 amide bonds. The van der Waals surface area contributed by atoms with E-state index in [-0.39, 0.29) is 13.0 Å². The van der Waals surface area contributed by atoms with Crippen molar-refractivity contribution in [3.63, 3.8) is 0 Å². The first kappa shape index (κ1) is 21.8. The van der Waals surface area contributed by atoms with Crippen LogP contribution in [0, 0.1) is 5.92 Å². The predicted octanol–water partition coefficient (Wildman–Crippen LogP) is 2.32. The van der Waals surface area contributed by atoms with Gasteiger partial charge in [-0.1, -0.05) is 35.5 Å². The highest BCUT2D eigenvalue weighted by Gasteiger charge is 2.49. The molecule has 1 aromatic heterocycles. The van der Waals surface area contributed by atoms with E-state index in [0.29, 0.717) is 5.69 Å². The topological polar surface area (TPSA) is 116 Å². The maximum Gasteiger partial charge on any atom is 0.407 e. The standard InChI is InChI=1S/C21H28N4O5/c1-5-29-19(27)14-11-16(18(26)17(14)22-20(28)30-21(2,3)4)25-12-15(23-24-25)13-9-7-6-8-10-13/h6-10,12,14,16-18,26H,5,11H2,1-4H3,(H,22,28)/t14-,16+,17+,18-/m0/s1. The normalized spacial score (nSPS) is 23.8. The number of aliphatic hydroxyl groups excluding tert-OH is 1. The number of alkyl carbamates (subject to hydrolysis) is 1. The summed E-state index contributed by atoms with van der Waals surface area (Å²) in [6, 6.07) is 8.11. The molecule has 0 unspecified atom stereocenters. The van der Waals surface area contributed by atoms with Gasteiger partial charge in [0.15, 0.2) is 0 Å². The fourth-order valence-electron chi connectivity index (χ4n) is 3.59. The highest BCUT2D eigenvalue weighted by molar-refractivity contribution is 5.76. The minimum Gasteiger partial charge on any atom is -0.466 e. The molecule has 1 aliphatic carbocycles. The molecule has 0 bridgehead atoms. The summed E-state index contributed by atoms with van der Waals surface area (Å²) in [7, 11) is 0. The van der Waals surface area contributed by atoms with E-state index in [1.165, 1.54) is 4.68 Å². The molecule has 1 saturated carbocycles. The number of aliphatic hydroxyl groups is 1. The highest BCUT2D eigenvalue weighted by Crippen LogP contribution is 2.36. The van der Waals surface area contributed by atoms with E-state index in [1.54, 1.807) is 33.9 Å². The first-order chi connectivity index (χ1) is 14.2. The molecular formula is C21H28N4O5. The van der Waals surface area contributed by atoms with Crippen molar-refractivity contribution in [3.8, 4) is 11.3 Å². The molecule has 1 fully saturated rings. The molecule has 4 atom stereocenters. The molecule has 2 aromatic rings. The van der Waals surface area contributed by atoms with Gasteiger partial charge in [0.25, 0.3) is 0 Å². The number of rotatable bonds is 5. The number of ether oxygens (including phenoxy) is 2. The number of hydrogen-bond donors (Lipinski definition) is 2. The van der Waals surface area contributed by atoms with Gasteiger partial charge in [-0.05, 0) is 34.1 Å². The van der Waals surface area contributed by atoms with Gasteiger partial charge in [-0.3, -0.25) is 4.79 Å². The summed E-state index contributed by atoms with van der Waals surface area (Å²) in [5.41, 5.74) is 0.837. The van der Waals surface area contributed by atoms with E-state index in [2.05, 4.69) is 15.6 Å². The molecule has 30 heavy (non-hydrogen) atoms. The molecule has 162 valence electrons. The Morgan fingerprint density at radius 1 is 1.27 bits per heavy atom. The average Bonchev–Trinajstić information content (AvgIpc) is 3.27. The third kappa shape index (κ3) is 4.96. The molecule has 0 spiro atoms. The van der Waals surface area contributed by atoms with Crippen molar-refractivity contribution in [1.82, 2.24) is 20.3 Å². The fourth-order valence-corrected chi connectivity index (χ4v) is 3.59. The lowest BCUT2D eigenvalue weighted by Gasteiger charge is -2.26. The van der Waals surface area contributed by atoms with Crippen molar-refractivity contribution in [2.24, 2.45) is 5.92 Å². The molecule has 9 nitrogen and oxygen atoms in total. The van der Waals surface area contributed by atoms with Gasteiger partial charge in [0.2, 0.25) is 0 Å². The number of benzene rings is 1. The van der Waals surface area contributed by atoms with E-state index in [0.717, 1.165) is 5.56 Å². The van der Waals surface area contributed by atoms with Crippen LogP contribution in [0.5, 0.6) is 0 Å². The molecule has 0 radical (unpaired) electrons. The molecule has 1 aromatic carbocycles. The van der Waals surface area contributed by atoms with Crippen LogP contribution in [0.25, 0.3) is 11.3 Å². The van der Waals surface area contributed by atoms with Crippen molar-refractivity contribution < 1.29 is 24.2 Å². The van der Waals surface area contributed by atoms with Gasteiger partial charge in [0.05, 0.1) is 36.9 Å². The van der Waals surface area contributed by atoms with Crippen LogP contribution in [0.2, 0.25) is 0 Å². The summed E-state index contributed by atoms with van der Waals surface area (Å²) < 4.78 is 12.0. The zero-order chi connectivity index (χ0) is 21.9. The Morgan fingerprint density at radius 2 is 1.97 bits per heavy atom. The van der Waals surface area contributed by atoms with E-state index in [1.807, 2.05) is 30.3 Å². The van der Waals surface area contributed by atoms with Crippen molar-refractivity contribution in [2.45, 2.75) is 57.9 Å².